The normalized spacial score (nSPS) is 11.8. The summed E-state index contributed by atoms with van der Waals surface area (Å²) in [5, 5.41) is 5.64. The lowest BCUT2D eigenvalue weighted by Crippen LogP contribution is -2.45. The van der Waals surface area contributed by atoms with E-state index < -0.39 is 6.04 Å². The molecule has 0 fully saturated rings. The van der Waals surface area contributed by atoms with Crippen molar-refractivity contribution in [3.63, 3.8) is 0 Å². The van der Waals surface area contributed by atoms with E-state index in [1.54, 1.807) is 18.7 Å². The molecule has 2 aromatic rings. The highest BCUT2D eigenvalue weighted by molar-refractivity contribution is 8.00. The SMILES string of the molecule is CCCNC(=O)[C@H](C)NC(=O)CSC(c1ccccc1)c1ccccc1. The summed E-state index contributed by atoms with van der Waals surface area (Å²) in [6.45, 7) is 4.32. The van der Waals surface area contributed by atoms with Crippen LogP contribution in [-0.2, 0) is 9.59 Å². The molecule has 0 aliphatic carbocycles. The second-order valence-electron chi connectivity index (χ2n) is 6.09. The smallest absolute Gasteiger partial charge is 0.242 e. The minimum atomic E-state index is -0.526. The molecule has 0 heterocycles. The molecule has 0 aromatic heterocycles. The van der Waals surface area contributed by atoms with Gasteiger partial charge in [-0.05, 0) is 24.5 Å². The average Bonchev–Trinajstić information content (AvgIpc) is 2.67. The Morgan fingerprint density at radius 1 is 0.962 bits per heavy atom. The lowest BCUT2D eigenvalue weighted by molar-refractivity contribution is -0.127. The Morgan fingerprint density at radius 2 is 1.50 bits per heavy atom. The third-order valence-corrected chi connectivity index (χ3v) is 5.21. The summed E-state index contributed by atoms with van der Waals surface area (Å²) in [4.78, 5) is 24.2. The predicted octanol–water partition coefficient (Wildman–Crippen LogP) is 3.54. The number of hydrogen-bond donors (Lipinski definition) is 2. The molecular weight excluding hydrogens is 344 g/mol. The van der Waals surface area contributed by atoms with Gasteiger partial charge < -0.3 is 10.6 Å². The highest BCUT2D eigenvalue weighted by Gasteiger charge is 2.19. The molecule has 26 heavy (non-hydrogen) atoms. The molecule has 0 radical (unpaired) electrons. The molecular formula is C21H26N2O2S. The molecule has 4 nitrogen and oxygen atoms in total. The Kier molecular flexibility index (Phi) is 8.22. The summed E-state index contributed by atoms with van der Waals surface area (Å²) in [7, 11) is 0. The fraction of sp³-hybridized carbons (Fsp3) is 0.333. The molecule has 0 unspecified atom stereocenters. The number of hydrogen-bond acceptors (Lipinski definition) is 3. The zero-order valence-electron chi connectivity index (χ0n) is 15.3. The number of carbonyl (C=O) groups excluding carboxylic acids is 2. The topological polar surface area (TPSA) is 58.2 Å². The summed E-state index contributed by atoms with van der Waals surface area (Å²) in [6, 6.07) is 19.8. The fourth-order valence-electron chi connectivity index (χ4n) is 2.55. The van der Waals surface area contributed by atoms with Gasteiger partial charge in [0.25, 0.3) is 0 Å². The number of thioether (sulfide) groups is 1. The van der Waals surface area contributed by atoms with Crippen LogP contribution in [0, 0.1) is 0 Å². The van der Waals surface area contributed by atoms with Gasteiger partial charge in [0.1, 0.15) is 6.04 Å². The van der Waals surface area contributed by atoms with Crippen molar-refractivity contribution in [2.75, 3.05) is 12.3 Å². The lowest BCUT2D eigenvalue weighted by Gasteiger charge is -2.19. The quantitative estimate of drug-likeness (QED) is 0.710. The summed E-state index contributed by atoms with van der Waals surface area (Å²) >= 11 is 1.56. The highest BCUT2D eigenvalue weighted by atomic mass is 32.2. The van der Waals surface area contributed by atoms with Crippen molar-refractivity contribution < 1.29 is 9.59 Å². The first-order valence-corrected chi connectivity index (χ1v) is 9.95. The molecule has 2 N–H and O–H groups in total. The van der Waals surface area contributed by atoms with E-state index in [0.29, 0.717) is 12.3 Å². The van der Waals surface area contributed by atoms with Crippen molar-refractivity contribution in [3.05, 3.63) is 71.8 Å². The van der Waals surface area contributed by atoms with E-state index in [9.17, 15) is 9.59 Å². The number of carbonyl (C=O) groups is 2. The van der Waals surface area contributed by atoms with Gasteiger partial charge in [-0.1, -0.05) is 67.6 Å². The van der Waals surface area contributed by atoms with Crippen LogP contribution in [-0.4, -0.2) is 30.2 Å². The summed E-state index contributed by atoms with van der Waals surface area (Å²) in [5.41, 5.74) is 2.32. The summed E-state index contributed by atoms with van der Waals surface area (Å²) in [5.74, 6) is 0.0127. The van der Waals surface area contributed by atoms with Crippen LogP contribution < -0.4 is 10.6 Å². The molecule has 0 saturated carbocycles. The molecule has 2 amide bonds. The second kappa shape index (κ2) is 10.7. The van der Waals surface area contributed by atoms with Gasteiger partial charge in [-0.15, -0.1) is 11.8 Å². The summed E-state index contributed by atoms with van der Waals surface area (Å²) < 4.78 is 0. The second-order valence-corrected chi connectivity index (χ2v) is 7.19. The fourth-order valence-corrected chi connectivity index (χ4v) is 3.65. The van der Waals surface area contributed by atoms with E-state index >= 15 is 0 Å². The van der Waals surface area contributed by atoms with Crippen molar-refractivity contribution in [3.8, 4) is 0 Å². The maximum atomic E-state index is 12.3. The standard InChI is InChI=1S/C21H26N2O2S/c1-3-14-22-21(25)16(2)23-19(24)15-26-20(17-10-6-4-7-11-17)18-12-8-5-9-13-18/h4-13,16,20H,3,14-15H2,1-2H3,(H,22,25)(H,23,24)/t16-/m0/s1. The first kappa shape index (κ1) is 20.0. The maximum Gasteiger partial charge on any atom is 0.242 e. The molecule has 0 aliphatic heterocycles. The van der Waals surface area contributed by atoms with Gasteiger partial charge in [0.05, 0.1) is 11.0 Å². The zero-order chi connectivity index (χ0) is 18.8. The van der Waals surface area contributed by atoms with E-state index in [2.05, 4.69) is 34.9 Å². The largest absolute Gasteiger partial charge is 0.354 e. The first-order chi connectivity index (χ1) is 12.6. The van der Waals surface area contributed by atoms with Gasteiger partial charge in [-0.2, -0.15) is 0 Å². The third-order valence-electron chi connectivity index (χ3n) is 3.91. The molecule has 0 saturated heterocycles. The van der Waals surface area contributed by atoms with Crippen LogP contribution in [0.1, 0.15) is 36.6 Å². The molecule has 2 aromatic carbocycles. The van der Waals surface area contributed by atoms with Crippen molar-refractivity contribution in [2.24, 2.45) is 0 Å². The molecule has 0 spiro atoms. The van der Waals surface area contributed by atoms with E-state index in [0.717, 1.165) is 17.5 Å². The van der Waals surface area contributed by atoms with E-state index in [-0.39, 0.29) is 17.1 Å². The zero-order valence-corrected chi connectivity index (χ0v) is 16.1. The van der Waals surface area contributed by atoms with Crippen LogP contribution in [0.5, 0.6) is 0 Å². The Bertz CT molecular complexity index is 652. The van der Waals surface area contributed by atoms with Crippen LogP contribution in [0.15, 0.2) is 60.7 Å². The third kappa shape index (κ3) is 6.23. The summed E-state index contributed by atoms with van der Waals surface area (Å²) in [6.07, 6.45) is 0.873. The molecule has 5 heteroatoms. The molecule has 138 valence electrons. The van der Waals surface area contributed by atoms with E-state index in [1.807, 2.05) is 43.3 Å². The predicted molar refractivity (Wildman–Crippen MR) is 108 cm³/mol. The van der Waals surface area contributed by atoms with Gasteiger partial charge in [0.15, 0.2) is 0 Å². The first-order valence-electron chi connectivity index (χ1n) is 8.90. The number of rotatable bonds is 9. The van der Waals surface area contributed by atoms with Crippen molar-refractivity contribution in [2.45, 2.75) is 31.6 Å². The van der Waals surface area contributed by atoms with Gasteiger partial charge in [0, 0.05) is 6.54 Å². The van der Waals surface area contributed by atoms with E-state index in [4.69, 9.17) is 0 Å². The van der Waals surface area contributed by atoms with Gasteiger partial charge in [-0.25, -0.2) is 0 Å². The molecule has 2 rings (SSSR count). The molecule has 0 aliphatic rings. The van der Waals surface area contributed by atoms with Crippen molar-refractivity contribution in [1.29, 1.82) is 0 Å². The molecule has 1 atom stereocenters. The van der Waals surface area contributed by atoms with Gasteiger partial charge >= 0.3 is 0 Å². The Hall–Kier alpha value is -2.27. The Balaban J connectivity index is 1.97. The Morgan fingerprint density at radius 3 is 2.00 bits per heavy atom. The van der Waals surface area contributed by atoms with Crippen LogP contribution in [0.3, 0.4) is 0 Å². The van der Waals surface area contributed by atoms with Crippen molar-refractivity contribution >= 4 is 23.6 Å². The van der Waals surface area contributed by atoms with Crippen LogP contribution >= 0.6 is 11.8 Å². The van der Waals surface area contributed by atoms with E-state index in [1.165, 1.54) is 0 Å². The molecule has 0 bridgehead atoms. The monoisotopic (exact) mass is 370 g/mol. The lowest BCUT2D eigenvalue weighted by atomic mass is 10.0. The minimum absolute atomic E-state index is 0.0763. The number of amides is 2. The maximum absolute atomic E-state index is 12.3. The number of benzene rings is 2. The van der Waals surface area contributed by atoms with Crippen LogP contribution in [0.25, 0.3) is 0 Å². The van der Waals surface area contributed by atoms with Crippen molar-refractivity contribution in [1.82, 2.24) is 10.6 Å². The number of nitrogens with one attached hydrogen (secondary N) is 2. The van der Waals surface area contributed by atoms with Gasteiger partial charge in [-0.3, -0.25) is 9.59 Å². The Labute approximate surface area is 159 Å². The van der Waals surface area contributed by atoms with Crippen LogP contribution in [0.4, 0.5) is 0 Å². The van der Waals surface area contributed by atoms with Crippen LogP contribution in [0.2, 0.25) is 0 Å². The minimum Gasteiger partial charge on any atom is -0.354 e. The van der Waals surface area contributed by atoms with Gasteiger partial charge in [0.2, 0.25) is 11.8 Å². The highest BCUT2D eigenvalue weighted by Crippen LogP contribution is 2.35. The average molecular weight is 371 g/mol.